The van der Waals surface area contributed by atoms with Crippen LogP contribution < -0.4 is 11.1 Å². The lowest BCUT2D eigenvalue weighted by molar-refractivity contribution is 0.734. The van der Waals surface area contributed by atoms with E-state index in [2.05, 4.69) is 15.3 Å². The molecule has 0 aliphatic heterocycles. The van der Waals surface area contributed by atoms with Crippen LogP contribution in [0.15, 0.2) is 6.20 Å². The molecule has 3 N–H and O–H groups in total. The SMILES string of the molecule is Cc1ncc(NC2(CN)CC2)nc1C. The van der Waals surface area contributed by atoms with Crippen LogP contribution in [0.5, 0.6) is 0 Å². The van der Waals surface area contributed by atoms with Gasteiger partial charge in [0.15, 0.2) is 0 Å². The van der Waals surface area contributed by atoms with Gasteiger partial charge < -0.3 is 11.1 Å². The van der Waals surface area contributed by atoms with Crippen LogP contribution in [0.1, 0.15) is 24.2 Å². The van der Waals surface area contributed by atoms with Gasteiger partial charge in [0.25, 0.3) is 0 Å². The number of rotatable bonds is 3. The molecule has 76 valence electrons. The highest BCUT2D eigenvalue weighted by Gasteiger charge is 2.41. The van der Waals surface area contributed by atoms with Crippen LogP contribution >= 0.6 is 0 Å². The van der Waals surface area contributed by atoms with Gasteiger partial charge in [-0.3, -0.25) is 4.98 Å². The Morgan fingerprint density at radius 2 is 2.14 bits per heavy atom. The molecule has 1 saturated carbocycles. The standard InChI is InChI=1S/C10H16N4/c1-7-8(2)13-9(5-12-7)14-10(6-11)3-4-10/h5H,3-4,6,11H2,1-2H3,(H,13,14). The van der Waals surface area contributed by atoms with Crippen LogP contribution in [-0.2, 0) is 0 Å². The molecule has 2 rings (SSSR count). The number of aromatic nitrogens is 2. The molecule has 0 aromatic carbocycles. The fourth-order valence-corrected chi connectivity index (χ4v) is 1.40. The Morgan fingerprint density at radius 3 is 2.64 bits per heavy atom. The molecular weight excluding hydrogens is 176 g/mol. The van der Waals surface area contributed by atoms with Gasteiger partial charge in [-0.05, 0) is 26.7 Å². The summed E-state index contributed by atoms with van der Waals surface area (Å²) >= 11 is 0. The zero-order chi connectivity index (χ0) is 10.2. The average Bonchev–Trinajstić information content (AvgIpc) is 2.93. The second-order valence-corrected chi connectivity index (χ2v) is 4.04. The van der Waals surface area contributed by atoms with Gasteiger partial charge in [-0.25, -0.2) is 4.98 Å². The highest BCUT2D eigenvalue weighted by molar-refractivity contribution is 5.39. The number of anilines is 1. The highest BCUT2D eigenvalue weighted by Crippen LogP contribution is 2.37. The van der Waals surface area contributed by atoms with Crippen LogP contribution in [0.3, 0.4) is 0 Å². The normalized spacial score (nSPS) is 17.9. The van der Waals surface area contributed by atoms with Crippen molar-refractivity contribution in [2.45, 2.75) is 32.2 Å². The molecule has 1 fully saturated rings. The number of aryl methyl sites for hydroxylation is 2. The third-order valence-corrected chi connectivity index (χ3v) is 2.83. The summed E-state index contributed by atoms with van der Waals surface area (Å²) in [5, 5.41) is 3.35. The fourth-order valence-electron chi connectivity index (χ4n) is 1.40. The van der Waals surface area contributed by atoms with Gasteiger partial charge in [-0.2, -0.15) is 0 Å². The fraction of sp³-hybridized carbons (Fsp3) is 0.600. The first-order chi connectivity index (χ1) is 6.65. The van der Waals surface area contributed by atoms with E-state index >= 15 is 0 Å². The zero-order valence-corrected chi connectivity index (χ0v) is 8.67. The maximum absolute atomic E-state index is 5.67. The molecular formula is C10H16N4. The van der Waals surface area contributed by atoms with Crippen LogP contribution in [0, 0.1) is 13.8 Å². The van der Waals surface area contributed by atoms with E-state index in [1.165, 1.54) is 0 Å². The van der Waals surface area contributed by atoms with E-state index in [9.17, 15) is 0 Å². The quantitative estimate of drug-likeness (QED) is 0.749. The highest BCUT2D eigenvalue weighted by atomic mass is 15.1. The van der Waals surface area contributed by atoms with Crippen molar-refractivity contribution in [3.8, 4) is 0 Å². The smallest absolute Gasteiger partial charge is 0.145 e. The van der Waals surface area contributed by atoms with E-state index < -0.39 is 0 Å². The van der Waals surface area contributed by atoms with E-state index in [0.717, 1.165) is 30.0 Å². The van der Waals surface area contributed by atoms with Gasteiger partial charge in [0, 0.05) is 6.54 Å². The van der Waals surface area contributed by atoms with Gasteiger partial charge in [-0.1, -0.05) is 0 Å². The van der Waals surface area contributed by atoms with Crippen LogP contribution in [0.25, 0.3) is 0 Å². The van der Waals surface area contributed by atoms with Crippen LogP contribution in [0.4, 0.5) is 5.82 Å². The topological polar surface area (TPSA) is 63.8 Å². The number of nitrogens with one attached hydrogen (secondary N) is 1. The first kappa shape index (κ1) is 9.40. The van der Waals surface area contributed by atoms with Crippen LogP contribution in [-0.4, -0.2) is 22.1 Å². The summed E-state index contributed by atoms with van der Waals surface area (Å²) < 4.78 is 0. The van der Waals surface area contributed by atoms with Crippen molar-refractivity contribution in [2.24, 2.45) is 5.73 Å². The van der Waals surface area contributed by atoms with Gasteiger partial charge in [0.2, 0.25) is 0 Å². The summed E-state index contributed by atoms with van der Waals surface area (Å²) in [5.41, 5.74) is 7.74. The van der Waals surface area contributed by atoms with E-state index in [1.807, 2.05) is 13.8 Å². The molecule has 0 spiro atoms. The summed E-state index contributed by atoms with van der Waals surface area (Å²) in [5.74, 6) is 0.844. The largest absolute Gasteiger partial charge is 0.362 e. The summed E-state index contributed by atoms with van der Waals surface area (Å²) in [6.07, 6.45) is 4.05. The molecule has 4 heteroatoms. The monoisotopic (exact) mass is 192 g/mol. The van der Waals surface area contributed by atoms with E-state index in [-0.39, 0.29) is 5.54 Å². The van der Waals surface area contributed by atoms with Crippen molar-refractivity contribution in [1.29, 1.82) is 0 Å². The van der Waals surface area contributed by atoms with Crippen molar-refractivity contribution < 1.29 is 0 Å². The van der Waals surface area contributed by atoms with Gasteiger partial charge >= 0.3 is 0 Å². The first-order valence-electron chi connectivity index (χ1n) is 4.94. The number of hydrogen-bond acceptors (Lipinski definition) is 4. The Kier molecular flexibility index (Phi) is 2.15. The number of nitrogens with two attached hydrogens (primary N) is 1. The van der Waals surface area contributed by atoms with E-state index in [0.29, 0.717) is 6.54 Å². The van der Waals surface area contributed by atoms with E-state index in [4.69, 9.17) is 5.73 Å². The van der Waals surface area contributed by atoms with Gasteiger partial charge in [-0.15, -0.1) is 0 Å². The Bertz CT molecular complexity index is 344. The Hall–Kier alpha value is -1.16. The van der Waals surface area contributed by atoms with Crippen LogP contribution in [0.2, 0.25) is 0 Å². The zero-order valence-electron chi connectivity index (χ0n) is 8.67. The molecule has 0 amide bonds. The van der Waals surface area contributed by atoms with Crippen molar-refractivity contribution in [2.75, 3.05) is 11.9 Å². The maximum atomic E-state index is 5.67. The second-order valence-electron chi connectivity index (χ2n) is 4.04. The second kappa shape index (κ2) is 3.20. The number of hydrogen-bond donors (Lipinski definition) is 2. The van der Waals surface area contributed by atoms with Crippen molar-refractivity contribution in [3.05, 3.63) is 17.6 Å². The number of nitrogens with zero attached hydrogens (tertiary/aromatic N) is 2. The predicted molar refractivity (Wildman–Crippen MR) is 56.1 cm³/mol. The minimum Gasteiger partial charge on any atom is -0.362 e. The molecule has 0 atom stereocenters. The van der Waals surface area contributed by atoms with Crippen molar-refractivity contribution >= 4 is 5.82 Å². The molecule has 1 aliphatic carbocycles. The lowest BCUT2D eigenvalue weighted by Crippen LogP contribution is -2.31. The van der Waals surface area contributed by atoms with Crippen molar-refractivity contribution in [1.82, 2.24) is 9.97 Å². The van der Waals surface area contributed by atoms with Gasteiger partial charge in [0.1, 0.15) is 5.82 Å². The minimum atomic E-state index is 0.108. The molecule has 1 heterocycles. The maximum Gasteiger partial charge on any atom is 0.145 e. The summed E-state index contributed by atoms with van der Waals surface area (Å²) in [7, 11) is 0. The predicted octanol–water partition coefficient (Wildman–Crippen LogP) is 0.997. The minimum absolute atomic E-state index is 0.108. The van der Waals surface area contributed by atoms with Crippen molar-refractivity contribution in [3.63, 3.8) is 0 Å². The molecule has 4 nitrogen and oxygen atoms in total. The lowest BCUT2D eigenvalue weighted by Gasteiger charge is -2.15. The molecule has 1 aliphatic rings. The Labute approximate surface area is 83.9 Å². The summed E-state index contributed by atoms with van der Waals surface area (Å²) in [4.78, 5) is 8.68. The Morgan fingerprint density at radius 1 is 1.43 bits per heavy atom. The molecule has 1 aromatic rings. The lowest BCUT2D eigenvalue weighted by atomic mass is 10.3. The third kappa shape index (κ3) is 1.70. The average molecular weight is 192 g/mol. The first-order valence-corrected chi connectivity index (χ1v) is 4.94. The molecule has 0 radical (unpaired) electrons. The summed E-state index contributed by atoms with van der Waals surface area (Å²) in [6, 6.07) is 0. The molecule has 1 aromatic heterocycles. The Balaban J connectivity index is 2.14. The molecule has 0 unspecified atom stereocenters. The van der Waals surface area contributed by atoms with Gasteiger partial charge in [0.05, 0.1) is 23.1 Å². The summed E-state index contributed by atoms with van der Waals surface area (Å²) in [6.45, 7) is 4.60. The molecule has 0 saturated heterocycles. The molecule has 14 heavy (non-hydrogen) atoms. The van der Waals surface area contributed by atoms with E-state index in [1.54, 1.807) is 6.20 Å². The molecule has 0 bridgehead atoms. The third-order valence-electron chi connectivity index (χ3n) is 2.83.